The van der Waals surface area contributed by atoms with Crippen molar-refractivity contribution in [1.29, 1.82) is 0 Å². The van der Waals surface area contributed by atoms with Crippen molar-refractivity contribution in [2.24, 2.45) is 0 Å². The van der Waals surface area contributed by atoms with Gasteiger partial charge in [-0.15, -0.1) is 0 Å². The molecule has 1 aliphatic rings. The molecule has 1 fully saturated rings. The van der Waals surface area contributed by atoms with E-state index in [1.54, 1.807) is 0 Å². The van der Waals surface area contributed by atoms with Crippen molar-refractivity contribution in [3.05, 3.63) is 24.3 Å². The van der Waals surface area contributed by atoms with E-state index in [9.17, 15) is 37.9 Å². The highest BCUT2D eigenvalue weighted by Gasteiger charge is 2.46. The number of allylic oxidation sites excluding steroid dienone is 4. The first kappa shape index (κ1) is 50.1. The molecule has 1 rings (SSSR count). The first-order valence-corrected chi connectivity index (χ1v) is 22.5. The third kappa shape index (κ3) is 26.9. The molecule has 6 atom stereocenters. The molecule has 54 heavy (non-hydrogen) atoms. The lowest BCUT2D eigenvalue weighted by molar-refractivity contribution is -0.297. The molecule has 1 heterocycles. The van der Waals surface area contributed by atoms with Gasteiger partial charge in [0.25, 0.3) is 10.1 Å². The van der Waals surface area contributed by atoms with Crippen LogP contribution in [0.1, 0.15) is 168 Å². The topological polar surface area (TPSA) is 186 Å². The minimum absolute atomic E-state index is 0.0810. The molecule has 1 aliphatic heterocycles. The van der Waals surface area contributed by atoms with Crippen LogP contribution in [0.4, 0.5) is 0 Å². The summed E-state index contributed by atoms with van der Waals surface area (Å²) in [5, 5.41) is 30.8. The van der Waals surface area contributed by atoms with E-state index >= 15 is 0 Å². The number of carbonyl (C=O) groups is 2. The number of aliphatic hydroxyl groups excluding tert-OH is 3. The van der Waals surface area contributed by atoms with Gasteiger partial charge in [-0.25, -0.2) is 0 Å². The van der Waals surface area contributed by atoms with Crippen LogP contribution in [0.5, 0.6) is 0 Å². The Morgan fingerprint density at radius 3 is 1.67 bits per heavy atom. The zero-order valence-electron chi connectivity index (χ0n) is 33.3. The Kier molecular flexibility index (Phi) is 29.9. The van der Waals surface area contributed by atoms with Crippen molar-refractivity contribution < 1.29 is 56.8 Å². The highest BCUT2D eigenvalue weighted by atomic mass is 32.2. The van der Waals surface area contributed by atoms with E-state index in [4.69, 9.17) is 18.9 Å². The van der Waals surface area contributed by atoms with Crippen LogP contribution in [0.2, 0.25) is 0 Å². The van der Waals surface area contributed by atoms with Crippen LogP contribution in [0.15, 0.2) is 24.3 Å². The predicted molar refractivity (Wildman–Crippen MR) is 210 cm³/mol. The molecule has 0 aromatic heterocycles. The predicted octanol–water partition coefficient (Wildman–Crippen LogP) is 7.67. The summed E-state index contributed by atoms with van der Waals surface area (Å²) in [6.07, 6.45) is 23.9. The van der Waals surface area contributed by atoms with Gasteiger partial charge in [0.05, 0.1) is 6.61 Å². The van der Waals surface area contributed by atoms with E-state index in [1.165, 1.54) is 77.0 Å². The van der Waals surface area contributed by atoms with Gasteiger partial charge in [0.15, 0.2) is 12.4 Å². The van der Waals surface area contributed by atoms with E-state index in [-0.39, 0.29) is 19.4 Å². The van der Waals surface area contributed by atoms with Crippen molar-refractivity contribution in [1.82, 2.24) is 0 Å². The average molecular weight is 791 g/mol. The summed E-state index contributed by atoms with van der Waals surface area (Å²) < 4.78 is 53.8. The van der Waals surface area contributed by atoms with Crippen molar-refractivity contribution in [2.75, 3.05) is 19.0 Å². The standard InChI is InChI=1S/C41H74O12S/c1-3-5-7-9-11-13-15-16-17-18-20-22-24-26-28-30-37(43)52-34(31-50-36(42)29-27-25-23-21-19-14-12-10-8-6-4-2)32-51-41-40(46)39(45)38(44)35(53-41)33-54(47,48)49/h10,12,24,26,34-35,38-41,44-46H,3-9,11,13-23,25,27-33H2,1-2H3,(H,47,48,49)/b12-10+,26-24+/t34-,35-,38-,39?,40?,41+/m1/s1. The molecule has 0 amide bonds. The lowest BCUT2D eigenvalue weighted by atomic mass is 10.00. The maximum atomic E-state index is 12.7. The van der Waals surface area contributed by atoms with Crippen molar-refractivity contribution in [3.63, 3.8) is 0 Å². The molecule has 0 bridgehead atoms. The van der Waals surface area contributed by atoms with Crippen LogP contribution in [0, 0.1) is 0 Å². The van der Waals surface area contributed by atoms with Crippen LogP contribution >= 0.6 is 0 Å². The summed E-state index contributed by atoms with van der Waals surface area (Å²) in [4.78, 5) is 25.2. The molecular formula is C41H74O12S. The highest BCUT2D eigenvalue weighted by Crippen LogP contribution is 2.24. The van der Waals surface area contributed by atoms with Crippen molar-refractivity contribution >= 4 is 22.1 Å². The number of carbonyl (C=O) groups excluding carboxylic acids is 2. The number of unbranched alkanes of at least 4 members (excludes halogenated alkanes) is 18. The monoisotopic (exact) mass is 790 g/mol. The summed E-state index contributed by atoms with van der Waals surface area (Å²) in [5.74, 6) is -2.05. The fourth-order valence-corrected chi connectivity index (χ4v) is 6.89. The number of rotatable bonds is 34. The third-order valence-electron chi connectivity index (χ3n) is 9.52. The quantitative estimate of drug-likeness (QED) is 0.0216. The summed E-state index contributed by atoms with van der Waals surface area (Å²) >= 11 is 0. The van der Waals surface area contributed by atoms with Crippen molar-refractivity contribution in [2.45, 2.75) is 205 Å². The molecule has 0 aromatic carbocycles. The molecule has 0 spiro atoms. The van der Waals surface area contributed by atoms with Crippen molar-refractivity contribution in [3.8, 4) is 0 Å². The number of hydrogen-bond donors (Lipinski definition) is 4. The van der Waals surface area contributed by atoms with E-state index in [2.05, 4.69) is 32.1 Å². The summed E-state index contributed by atoms with van der Waals surface area (Å²) in [6.45, 7) is 3.66. The summed E-state index contributed by atoms with van der Waals surface area (Å²) in [6, 6.07) is 0. The van der Waals surface area contributed by atoms with E-state index in [0.29, 0.717) is 12.8 Å². The zero-order valence-corrected chi connectivity index (χ0v) is 34.1. The second-order valence-electron chi connectivity index (χ2n) is 14.6. The van der Waals surface area contributed by atoms with Gasteiger partial charge in [-0.3, -0.25) is 14.1 Å². The first-order chi connectivity index (χ1) is 26.0. The van der Waals surface area contributed by atoms with Crippen LogP contribution < -0.4 is 0 Å². The van der Waals surface area contributed by atoms with Gasteiger partial charge in [-0.2, -0.15) is 8.42 Å². The van der Waals surface area contributed by atoms with Crippen LogP contribution in [0.25, 0.3) is 0 Å². The number of ether oxygens (including phenoxy) is 4. The van der Waals surface area contributed by atoms with Crippen LogP contribution in [0.3, 0.4) is 0 Å². The second-order valence-corrected chi connectivity index (χ2v) is 16.1. The maximum Gasteiger partial charge on any atom is 0.306 e. The molecule has 4 N–H and O–H groups in total. The fourth-order valence-electron chi connectivity index (χ4n) is 6.20. The molecular weight excluding hydrogens is 717 g/mol. The fraction of sp³-hybridized carbons (Fsp3) is 0.854. The van der Waals surface area contributed by atoms with Gasteiger partial charge in [-0.05, 0) is 44.9 Å². The molecule has 0 aromatic rings. The molecule has 2 unspecified atom stereocenters. The van der Waals surface area contributed by atoms with Crippen LogP contribution in [-0.4, -0.2) is 96.0 Å². The number of hydrogen-bond acceptors (Lipinski definition) is 11. The lowest BCUT2D eigenvalue weighted by Crippen LogP contribution is -2.60. The van der Waals surface area contributed by atoms with Gasteiger partial charge in [-0.1, -0.05) is 134 Å². The Balaban J connectivity index is 2.51. The van der Waals surface area contributed by atoms with Gasteiger partial charge >= 0.3 is 11.9 Å². The molecule has 316 valence electrons. The van der Waals surface area contributed by atoms with Gasteiger partial charge in [0.2, 0.25) is 0 Å². The first-order valence-electron chi connectivity index (χ1n) is 20.9. The summed E-state index contributed by atoms with van der Waals surface area (Å²) in [5.41, 5.74) is 0. The maximum absolute atomic E-state index is 12.7. The minimum atomic E-state index is -4.60. The normalized spacial score (nSPS) is 21.2. The molecule has 1 saturated heterocycles. The van der Waals surface area contributed by atoms with E-state index < -0.39 is 71.2 Å². The molecule has 13 heteroatoms. The molecule has 12 nitrogen and oxygen atoms in total. The minimum Gasteiger partial charge on any atom is -0.462 e. The Morgan fingerprint density at radius 1 is 0.611 bits per heavy atom. The largest absolute Gasteiger partial charge is 0.462 e. The third-order valence-corrected chi connectivity index (χ3v) is 10.3. The zero-order chi connectivity index (χ0) is 39.9. The molecule has 0 aliphatic carbocycles. The smallest absolute Gasteiger partial charge is 0.306 e. The Hall–Kier alpha value is -1.87. The van der Waals surface area contributed by atoms with Gasteiger partial charge in [0.1, 0.15) is 36.8 Å². The molecule has 0 radical (unpaired) electrons. The highest BCUT2D eigenvalue weighted by molar-refractivity contribution is 7.85. The Labute approximate surface area is 326 Å². The lowest BCUT2D eigenvalue weighted by Gasteiger charge is -2.40. The molecule has 0 saturated carbocycles. The number of aliphatic hydroxyl groups is 3. The Morgan fingerprint density at radius 2 is 1.11 bits per heavy atom. The van der Waals surface area contributed by atoms with Gasteiger partial charge < -0.3 is 34.3 Å². The Bertz CT molecular complexity index is 1110. The second kappa shape index (κ2) is 32.2. The van der Waals surface area contributed by atoms with Gasteiger partial charge in [0, 0.05) is 12.8 Å². The average Bonchev–Trinajstić information content (AvgIpc) is 3.13. The number of esters is 2. The van der Waals surface area contributed by atoms with Crippen LogP contribution in [-0.2, 0) is 38.7 Å². The SMILES string of the molecule is CCCC/C=C/CCCCCCCC(=O)OC[C@H](CO[C@H]1O[C@H](CS(=O)(=O)O)[C@@H](O)C(O)C1O)OC(=O)CC/C=C/CCCCCCCCCCCCC. The summed E-state index contributed by atoms with van der Waals surface area (Å²) in [7, 11) is -4.60. The van der Waals surface area contributed by atoms with E-state index in [1.807, 2.05) is 6.08 Å². The van der Waals surface area contributed by atoms with E-state index in [0.717, 1.165) is 51.4 Å².